The summed E-state index contributed by atoms with van der Waals surface area (Å²) in [6.07, 6.45) is 3.14. The van der Waals surface area contributed by atoms with Crippen molar-refractivity contribution in [2.75, 3.05) is 5.33 Å². The Morgan fingerprint density at radius 2 is 2.00 bits per heavy atom. The number of alkyl halides is 1. The molecule has 0 N–H and O–H groups in total. The van der Waals surface area contributed by atoms with Crippen LogP contribution in [0.1, 0.15) is 18.9 Å². The van der Waals surface area contributed by atoms with Gasteiger partial charge in [0.05, 0.1) is 0 Å². The fourth-order valence-corrected chi connectivity index (χ4v) is 1.33. The summed E-state index contributed by atoms with van der Waals surface area (Å²) in [6.45, 7) is 2.04. The zero-order chi connectivity index (χ0) is 9.68. The molecule has 0 spiro atoms. The quantitative estimate of drug-likeness (QED) is 0.703. The molecule has 13 heavy (non-hydrogen) atoms. The summed E-state index contributed by atoms with van der Waals surface area (Å²) in [7, 11) is 0. The molecule has 0 nitrogen and oxygen atoms in total. The molecule has 1 aromatic rings. The molecule has 0 bridgehead atoms. The summed E-state index contributed by atoms with van der Waals surface area (Å²) in [6, 6.07) is 6.58. The predicted octanol–water partition coefficient (Wildman–Crippen LogP) is 4.01. The first kappa shape index (κ1) is 10.5. The van der Waals surface area contributed by atoms with Gasteiger partial charge in [0.2, 0.25) is 0 Å². The van der Waals surface area contributed by atoms with Gasteiger partial charge in [0, 0.05) is 5.33 Å². The van der Waals surface area contributed by atoms with Crippen LogP contribution in [0, 0.1) is 5.82 Å². The van der Waals surface area contributed by atoms with Crippen LogP contribution in [0.25, 0.3) is 5.57 Å². The maximum Gasteiger partial charge on any atom is 0.123 e. The molecule has 0 saturated heterocycles. The second-order valence-corrected chi connectivity index (χ2v) is 3.66. The lowest BCUT2D eigenvalue weighted by Gasteiger charge is -2.00. The Balaban J connectivity index is 2.77. The topological polar surface area (TPSA) is 0 Å². The van der Waals surface area contributed by atoms with Crippen LogP contribution in [0.5, 0.6) is 0 Å². The Morgan fingerprint density at radius 1 is 1.38 bits per heavy atom. The number of halogens is 2. The number of benzene rings is 1. The molecule has 70 valence electrons. The second-order valence-electron chi connectivity index (χ2n) is 2.87. The Labute approximate surface area is 86.6 Å². The fourth-order valence-electron chi connectivity index (χ4n) is 1.10. The molecule has 0 aliphatic heterocycles. The van der Waals surface area contributed by atoms with Gasteiger partial charge in [-0.05, 0) is 36.6 Å². The fraction of sp³-hybridized carbons (Fsp3) is 0.273. The zero-order valence-electron chi connectivity index (χ0n) is 7.56. The Kier molecular flexibility index (Phi) is 4.16. The highest BCUT2D eigenvalue weighted by molar-refractivity contribution is 9.09. The van der Waals surface area contributed by atoms with Crippen LogP contribution in [0.2, 0.25) is 0 Å². The van der Waals surface area contributed by atoms with Gasteiger partial charge in [-0.15, -0.1) is 0 Å². The number of allylic oxidation sites excluding steroid dienone is 2. The third kappa shape index (κ3) is 3.31. The van der Waals surface area contributed by atoms with Gasteiger partial charge in [-0.25, -0.2) is 4.39 Å². The normalized spacial score (nSPS) is 11.8. The molecule has 1 rings (SSSR count). The third-order valence-corrected chi connectivity index (χ3v) is 2.32. The minimum Gasteiger partial charge on any atom is -0.207 e. The second kappa shape index (κ2) is 5.18. The maximum atomic E-state index is 12.6. The summed E-state index contributed by atoms with van der Waals surface area (Å²) < 4.78 is 12.6. The summed E-state index contributed by atoms with van der Waals surface area (Å²) in [5, 5.41) is 0.964. The van der Waals surface area contributed by atoms with E-state index in [1.54, 1.807) is 12.1 Å². The van der Waals surface area contributed by atoms with Crippen molar-refractivity contribution < 1.29 is 4.39 Å². The highest BCUT2D eigenvalue weighted by Gasteiger charge is 1.94. The molecule has 2 heteroatoms. The van der Waals surface area contributed by atoms with E-state index < -0.39 is 0 Å². The molecule has 0 fully saturated rings. The van der Waals surface area contributed by atoms with Crippen molar-refractivity contribution >= 4 is 21.5 Å². The van der Waals surface area contributed by atoms with Crippen LogP contribution in [-0.4, -0.2) is 5.33 Å². The van der Waals surface area contributed by atoms with E-state index in [2.05, 4.69) is 22.0 Å². The van der Waals surface area contributed by atoms with E-state index in [4.69, 9.17) is 0 Å². The van der Waals surface area contributed by atoms with E-state index in [0.29, 0.717) is 0 Å². The van der Waals surface area contributed by atoms with Gasteiger partial charge in [-0.1, -0.05) is 34.1 Å². The molecular weight excluding hydrogens is 231 g/mol. The lowest BCUT2D eigenvalue weighted by Crippen LogP contribution is -1.81. The highest BCUT2D eigenvalue weighted by atomic mass is 79.9. The van der Waals surface area contributed by atoms with Gasteiger partial charge in [0.25, 0.3) is 0 Å². The van der Waals surface area contributed by atoms with E-state index in [1.807, 2.05) is 6.92 Å². The predicted molar refractivity (Wildman–Crippen MR) is 58.5 cm³/mol. The van der Waals surface area contributed by atoms with E-state index in [1.165, 1.54) is 17.7 Å². The average Bonchev–Trinajstić information content (AvgIpc) is 2.15. The molecule has 0 heterocycles. The summed E-state index contributed by atoms with van der Waals surface area (Å²) in [4.78, 5) is 0. The lowest BCUT2D eigenvalue weighted by atomic mass is 10.1. The van der Waals surface area contributed by atoms with Crippen molar-refractivity contribution in [3.63, 3.8) is 0 Å². The molecule has 1 aromatic carbocycles. The van der Waals surface area contributed by atoms with Crippen molar-refractivity contribution in [3.05, 3.63) is 41.7 Å². The molecule has 0 aliphatic rings. The number of hydrogen-bond donors (Lipinski definition) is 0. The summed E-state index contributed by atoms with van der Waals surface area (Å²) >= 11 is 3.36. The Morgan fingerprint density at radius 3 is 2.54 bits per heavy atom. The molecule has 0 aliphatic carbocycles. The van der Waals surface area contributed by atoms with E-state index in [0.717, 1.165) is 17.3 Å². The van der Waals surface area contributed by atoms with E-state index >= 15 is 0 Å². The summed E-state index contributed by atoms with van der Waals surface area (Å²) in [5.74, 6) is -0.183. The molecule has 0 atom stereocenters. The van der Waals surface area contributed by atoms with Crippen molar-refractivity contribution in [3.8, 4) is 0 Å². The average molecular weight is 243 g/mol. The number of rotatable bonds is 3. The zero-order valence-corrected chi connectivity index (χ0v) is 9.14. The third-order valence-electron chi connectivity index (χ3n) is 1.86. The van der Waals surface area contributed by atoms with Crippen LogP contribution < -0.4 is 0 Å². The van der Waals surface area contributed by atoms with Crippen LogP contribution in [-0.2, 0) is 0 Å². The first-order valence-corrected chi connectivity index (χ1v) is 5.35. The SMILES string of the molecule is C/C(=C\CCBr)c1ccc(F)cc1. The van der Waals surface area contributed by atoms with Gasteiger partial charge in [0.15, 0.2) is 0 Å². The van der Waals surface area contributed by atoms with Gasteiger partial charge < -0.3 is 0 Å². The molecule has 0 aromatic heterocycles. The minimum atomic E-state index is -0.183. The van der Waals surface area contributed by atoms with Crippen LogP contribution >= 0.6 is 15.9 Å². The van der Waals surface area contributed by atoms with E-state index in [-0.39, 0.29) is 5.82 Å². The molecule has 0 unspecified atom stereocenters. The number of hydrogen-bond acceptors (Lipinski definition) is 0. The van der Waals surface area contributed by atoms with Gasteiger partial charge in [-0.3, -0.25) is 0 Å². The van der Waals surface area contributed by atoms with E-state index in [9.17, 15) is 4.39 Å². The van der Waals surface area contributed by atoms with Gasteiger partial charge >= 0.3 is 0 Å². The van der Waals surface area contributed by atoms with Gasteiger partial charge in [0.1, 0.15) is 5.82 Å². The maximum absolute atomic E-state index is 12.6. The van der Waals surface area contributed by atoms with Crippen molar-refractivity contribution in [2.45, 2.75) is 13.3 Å². The Hall–Kier alpha value is -0.630. The molecular formula is C11H12BrF. The van der Waals surface area contributed by atoms with Crippen LogP contribution in [0.15, 0.2) is 30.3 Å². The molecule has 0 amide bonds. The first-order valence-electron chi connectivity index (χ1n) is 4.22. The van der Waals surface area contributed by atoms with Crippen LogP contribution in [0.3, 0.4) is 0 Å². The van der Waals surface area contributed by atoms with Crippen molar-refractivity contribution in [2.24, 2.45) is 0 Å². The lowest BCUT2D eigenvalue weighted by molar-refractivity contribution is 0.627. The monoisotopic (exact) mass is 242 g/mol. The smallest absolute Gasteiger partial charge is 0.123 e. The Bertz CT molecular complexity index is 287. The first-order chi connectivity index (χ1) is 6.24. The largest absolute Gasteiger partial charge is 0.207 e. The molecule has 0 radical (unpaired) electrons. The minimum absolute atomic E-state index is 0.183. The molecule has 0 saturated carbocycles. The summed E-state index contributed by atoms with van der Waals surface area (Å²) in [5.41, 5.74) is 2.28. The van der Waals surface area contributed by atoms with Crippen molar-refractivity contribution in [1.29, 1.82) is 0 Å². The van der Waals surface area contributed by atoms with Crippen LogP contribution in [0.4, 0.5) is 4.39 Å². The van der Waals surface area contributed by atoms with Crippen molar-refractivity contribution in [1.82, 2.24) is 0 Å². The standard InChI is InChI=1S/C11H12BrF/c1-9(3-2-8-12)10-4-6-11(13)7-5-10/h3-7H,2,8H2,1H3/b9-3+. The van der Waals surface area contributed by atoms with Gasteiger partial charge in [-0.2, -0.15) is 0 Å². The highest BCUT2D eigenvalue weighted by Crippen LogP contribution is 2.14.